The lowest BCUT2D eigenvalue weighted by Crippen LogP contribution is -1.85. The second kappa shape index (κ2) is 3.24. The molecule has 2 aliphatic rings. The monoisotopic (exact) mass is 195 g/mol. The molecule has 1 aromatic heterocycles. The molecule has 1 aromatic carbocycles. The van der Waals surface area contributed by atoms with Gasteiger partial charge in [0.25, 0.3) is 0 Å². The van der Waals surface area contributed by atoms with Crippen LogP contribution in [0.1, 0.15) is 0 Å². The van der Waals surface area contributed by atoms with Crippen LogP contribution in [0.3, 0.4) is 0 Å². The van der Waals surface area contributed by atoms with Gasteiger partial charge in [0.2, 0.25) is 0 Å². The van der Waals surface area contributed by atoms with Crippen molar-refractivity contribution in [1.82, 2.24) is 4.98 Å². The highest BCUT2D eigenvalue weighted by atomic mass is 16.3. The number of rotatable bonds is 0. The van der Waals surface area contributed by atoms with E-state index in [0.29, 0.717) is 0 Å². The summed E-state index contributed by atoms with van der Waals surface area (Å²) in [6.45, 7) is 0. The summed E-state index contributed by atoms with van der Waals surface area (Å²) >= 11 is 0. The van der Waals surface area contributed by atoms with Gasteiger partial charge in [0.15, 0.2) is 12.0 Å². The Balaban J connectivity index is 0.000000104. The fourth-order valence-corrected chi connectivity index (χ4v) is 1.47. The molecule has 0 amide bonds. The molecule has 15 heavy (non-hydrogen) atoms. The Labute approximate surface area is 87.2 Å². The Kier molecular flexibility index (Phi) is 1.78. The first-order valence-corrected chi connectivity index (χ1v) is 4.82. The van der Waals surface area contributed by atoms with Crippen molar-refractivity contribution >= 4 is 11.1 Å². The molecule has 4 rings (SSSR count). The molecule has 0 spiro atoms. The van der Waals surface area contributed by atoms with Crippen molar-refractivity contribution in [2.24, 2.45) is 0 Å². The fourth-order valence-electron chi connectivity index (χ4n) is 1.47. The first-order chi connectivity index (χ1) is 7.43. The predicted octanol–water partition coefficient (Wildman–Crippen LogP) is 3.49. The zero-order chi connectivity index (χ0) is 10.1. The summed E-state index contributed by atoms with van der Waals surface area (Å²) in [5.74, 6) is 0. The van der Waals surface area contributed by atoms with E-state index in [2.05, 4.69) is 29.2 Å². The lowest BCUT2D eigenvalue weighted by atomic mass is 9.95. The zero-order valence-corrected chi connectivity index (χ0v) is 8.05. The molecule has 0 unspecified atom stereocenters. The van der Waals surface area contributed by atoms with Crippen LogP contribution in [-0.2, 0) is 0 Å². The molecule has 0 N–H and O–H groups in total. The lowest BCUT2D eigenvalue weighted by Gasteiger charge is -2.10. The van der Waals surface area contributed by atoms with E-state index in [9.17, 15) is 0 Å². The minimum absolute atomic E-state index is 0.845. The largest absolute Gasteiger partial charge is 0.443 e. The van der Waals surface area contributed by atoms with Gasteiger partial charge in [0, 0.05) is 0 Å². The first kappa shape index (κ1) is 8.24. The number of aromatic nitrogens is 1. The van der Waals surface area contributed by atoms with Gasteiger partial charge in [-0.3, -0.25) is 0 Å². The molecular weight excluding hydrogens is 186 g/mol. The highest BCUT2D eigenvalue weighted by Gasteiger charge is 2.03. The van der Waals surface area contributed by atoms with Crippen molar-refractivity contribution in [3.05, 3.63) is 54.9 Å². The van der Waals surface area contributed by atoms with E-state index < -0.39 is 0 Å². The fraction of sp³-hybridized carbons (Fsp3) is 0. The minimum Gasteiger partial charge on any atom is -0.443 e. The van der Waals surface area contributed by atoms with E-state index in [1.165, 1.54) is 17.5 Å². The van der Waals surface area contributed by atoms with E-state index in [4.69, 9.17) is 4.42 Å². The molecule has 2 nitrogen and oxygen atoms in total. The molecule has 0 fully saturated rings. The Bertz CT molecular complexity index is 530. The van der Waals surface area contributed by atoms with E-state index >= 15 is 0 Å². The molecule has 1 heterocycles. The van der Waals surface area contributed by atoms with Crippen LogP contribution in [0.4, 0.5) is 0 Å². The quantitative estimate of drug-likeness (QED) is 0.429. The summed E-state index contributed by atoms with van der Waals surface area (Å²) in [5, 5.41) is 0. The van der Waals surface area contributed by atoms with Crippen LogP contribution in [0.25, 0.3) is 22.2 Å². The summed E-state index contributed by atoms with van der Waals surface area (Å²) in [5.41, 5.74) is 4.61. The Morgan fingerprint density at radius 3 is 2.00 bits per heavy atom. The number of nitrogens with zero attached hydrogens (tertiary/aromatic N) is 1. The molecule has 0 radical (unpaired) electrons. The number of benzene rings is 2. The number of oxazole rings is 1. The maximum Gasteiger partial charge on any atom is 0.181 e. The van der Waals surface area contributed by atoms with E-state index in [-0.39, 0.29) is 0 Å². The van der Waals surface area contributed by atoms with Crippen LogP contribution >= 0.6 is 0 Å². The van der Waals surface area contributed by atoms with Crippen LogP contribution in [-0.4, -0.2) is 4.98 Å². The van der Waals surface area contributed by atoms with Gasteiger partial charge in [-0.15, -0.1) is 0 Å². The standard InChI is InChI=1S/C7H5NO.C6H4/c1-2-4-7-6(3-1)8-5-9-7;1-2-6-4-3-5(1)6/h1-5H;1-4H. The Morgan fingerprint density at radius 1 is 0.800 bits per heavy atom. The smallest absolute Gasteiger partial charge is 0.181 e. The summed E-state index contributed by atoms with van der Waals surface area (Å²) in [4.78, 5) is 3.95. The summed E-state index contributed by atoms with van der Waals surface area (Å²) in [6, 6.07) is 16.1. The third-order valence-corrected chi connectivity index (χ3v) is 2.45. The SMILES string of the molecule is c1cc2ccc1-2.c1ccc2ocnc2c1. The minimum atomic E-state index is 0.845. The maximum absolute atomic E-state index is 5.01. The number of hydrogen-bond acceptors (Lipinski definition) is 2. The van der Waals surface area contributed by atoms with Crippen molar-refractivity contribution in [3.8, 4) is 11.1 Å². The van der Waals surface area contributed by atoms with Gasteiger partial charge in [0.1, 0.15) is 5.52 Å². The molecule has 2 aromatic rings. The third kappa shape index (κ3) is 1.40. The van der Waals surface area contributed by atoms with Gasteiger partial charge in [-0.2, -0.15) is 0 Å². The van der Waals surface area contributed by atoms with Gasteiger partial charge in [-0.25, -0.2) is 4.98 Å². The molecule has 0 saturated carbocycles. The normalized spacial score (nSPS) is 10.7. The van der Waals surface area contributed by atoms with Crippen LogP contribution in [0, 0.1) is 0 Å². The number of para-hydroxylation sites is 2. The van der Waals surface area contributed by atoms with Gasteiger partial charge < -0.3 is 4.42 Å². The molecule has 0 bridgehead atoms. The van der Waals surface area contributed by atoms with E-state index in [1.54, 1.807) is 0 Å². The summed E-state index contributed by atoms with van der Waals surface area (Å²) in [6.07, 6.45) is 1.45. The summed E-state index contributed by atoms with van der Waals surface area (Å²) in [7, 11) is 0. The van der Waals surface area contributed by atoms with Gasteiger partial charge in [-0.05, 0) is 23.3 Å². The molecule has 72 valence electrons. The first-order valence-electron chi connectivity index (χ1n) is 4.82. The number of fused-ring (bicyclic) bond motifs is 2. The van der Waals surface area contributed by atoms with Crippen molar-refractivity contribution in [2.75, 3.05) is 0 Å². The van der Waals surface area contributed by atoms with E-state index in [0.717, 1.165) is 11.1 Å². The Hall–Kier alpha value is -2.09. The predicted molar refractivity (Wildman–Crippen MR) is 59.4 cm³/mol. The molecule has 2 heteroatoms. The highest BCUT2D eigenvalue weighted by molar-refractivity contribution is 5.75. The third-order valence-electron chi connectivity index (χ3n) is 2.45. The molecule has 2 aliphatic carbocycles. The second-order valence-electron chi connectivity index (χ2n) is 3.40. The van der Waals surface area contributed by atoms with Gasteiger partial charge in [-0.1, -0.05) is 36.4 Å². The molecule has 0 saturated heterocycles. The maximum atomic E-state index is 5.01. The van der Waals surface area contributed by atoms with Gasteiger partial charge >= 0.3 is 0 Å². The van der Waals surface area contributed by atoms with Crippen molar-refractivity contribution < 1.29 is 4.42 Å². The van der Waals surface area contributed by atoms with Crippen LogP contribution < -0.4 is 0 Å². The van der Waals surface area contributed by atoms with Crippen molar-refractivity contribution in [2.45, 2.75) is 0 Å². The topological polar surface area (TPSA) is 26.0 Å². The molecule has 0 atom stereocenters. The second-order valence-corrected chi connectivity index (χ2v) is 3.40. The molecular formula is C13H9NO. The van der Waals surface area contributed by atoms with Crippen LogP contribution in [0.5, 0.6) is 0 Å². The average Bonchev–Trinajstić information content (AvgIpc) is 2.72. The number of hydrogen-bond donors (Lipinski definition) is 0. The van der Waals surface area contributed by atoms with E-state index in [1.807, 2.05) is 24.3 Å². The lowest BCUT2D eigenvalue weighted by molar-refractivity contribution is 0.602. The average molecular weight is 195 g/mol. The Morgan fingerprint density at radius 2 is 1.47 bits per heavy atom. The highest BCUT2D eigenvalue weighted by Crippen LogP contribution is 2.29. The van der Waals surface area contributed by atoms with Crippen molar-refractivity contribution in [3.63, 3.8) is 0 Å². The zero-order valence-electron chi connectivity index (χ0n) is 8.05. The van der Waals surface area contributed by atoms with Crippen LogP contribution in [0.15, 0.2) is 59.3 Å². The van der Waals surface area contributed by atoms with Crippen molar-refractivity contribution in [1.29, 1.82) is 0 Å². The van der Waals surface area contributed by atoms with Crippen LogP contribution in [0.2, 0.25) is 0 Å². The molecule has 0 aliphatic heterocycles. The summed E-state index contributed by atoms with van der Waals surface area (Å²) < 4.78 is 5.01. The van der Waals surface area contributed by atoms with Gasteiger partial charge in [0.05, 0.1) is 0 Å².